The molecule has 4 heteroatoms. The van der Waals surface area contributed by atoms with E-state index in [1.807, 2.05) is 23.5 Å². The topological polar surface area (TPSA) is 38.7 Å². The van der Waals surface area contributed by atoms with Gasteiger partial charge in [0.2, 0.25) is 0 Å². The number of benzene rings is 8. The van der Waals surface area contributed by atoms with Crippen molar-refractivity contribution >= 4 is 53.2 Å². The highest BCUT2D eigenvalue weighted by atomic mass is 32.1. The van der Waals surface area contributed by atoms with Crippen LogP contribution in [0.3, 0.4) is 0 Å². The molecule has 57 heavy (non-hydrogen) atoms. The average molecular weight is 744 g/mol. The van der Waals surface area contributed by atoms with Crippen LogP contribution < -0.4 is 0 Å². The van der Waals surface area contributed by atoms with Gasteiger partial charge in [0.15, 0.2) is 5.82 Å². The maximum atomic E-state index is 5.30. The summed E-state index contributed by atoms with van der Waals surface area (Å²) in [5.74, 6) is 0.691. The molecule has 3 heterocycles. The molecule has 0 unspecified atom stereocenters. The van der Waals surface area contributed by atoms with Crippen LogP contribution in [0.2, 0.25) is 0 Å². The molecule has 0 amide bonds. The Kier molecular flexibility index (Phi) is 8.01. The Morgan fingerprint density at radius 1 is 0.316 bits per heavy atom. The molecule has 11 aromatic rings. The van der Waals surface area contributed by atoms with Gasteiger partial charge in [-0.1, -0.05) is 170 Å². The zero-order valence-corrected chi connectivity index (χ0v) is 31.6. The van der Waals surface area contributed by atoms with Crippen LogP contribution in [-0.4, -0.2) is 15.0 Å². The molecule has 3 nitrogen and oxygen atoms in total. The van der Waals surface area contributed by atoms with Gasteiger partial charge < -0.3 is 0 Å². The summed E-state index contributed by atoms with van der Waals surface area (Å²) in [6.07, 6.45) is 0. The van der Waals surface area contributed by atoms with Crippen molar-refractivity contribution in [2.45, 2.75) is 0 Å². The Balaban J connectivity index is 0.992. The lowest BCUT2D eigenvalue weighted by atomic mass is 9.95. The number of thiophene rings is 1. The lowest BCUT2D eigenvalue weighted by molar-refractivity contribution is 1.18. The van der Waals surface area contributed by atoms with Crippen molar-refractivity contribution in [1.29, 1.82) is 0 Å². The highest BCUT2D eigenvalue weighted by Crippen LogP contribution is 2.43. The number of fused-ring (bicyclic) bond motifs is 7. The third-order valence-corrected chi connectivity index (χ3v) is 12.1. The fourth-order valence-electron chi connectivity index (χ4n) is 8.06. The molecule has 0 N–H and O–H groups in total. The first kappa shape index (κ1) is 33.1. The van der Waals surface area contributed by atoms with E-state index in [0.717, 1.165) is 61.5 Å². The molecule has 0 atom stereocenters. The van der Waals surface area contributed by atoms with Gasteiger partial charge in [-0.2, -0.15) is 0 Å². The Morgan fingerprint density at radius 2 is 0.860 bits per heavy atom. The molecule has 0 aliphatic rings. The fraction of sp³-hybridized carbons (Fsp3) is 0. The van der Waals surface area contributed by atoms with Gasteiger partial charge in [-0.25, -0.2) is 15.0 Å². The van der Waals surface area contributed by atoms with Crippen LogP contribution in [0.4, 0.5) is 0 Å². The summed E-state index contributed by atoms with van der Waals surface area (Å²) in [5.41, 5.74) is 12.5. The van der Waals surface area contributed by atoms with E-state index < -0.39 is 0 Å². The minimum Gasteiger partial charge on any atom is -0.247 e. The molecule has 0 spiro atoms. The van der Waals surface area contributed by atoms with Gasteiger partial charge in [-0.05, 0) is 52.6 Å². The van der Waals surface area contributed by atoms with Crippen LogP contribution >= 0.6 is 11.3 Å². The standard InChI is InChI=1S/C53H33N3S/c1-3-13-34(14-4-1)38-17-11-19-40(31-38)48-33-47(36-15-5-2-6-16-36)55-53(56-48)37-27-25-35(26-28-37)39-18-12-20-41(32-39)51-45-30-29-43-42-21-8-10-24-49(42)57-52(43)50(45)44-22-7-9-23-46(44)54-51/h1-33H. The predicted molar refractivity (Wildman–Crippen MR) is 240 cm³/mol. The Labute approximate surface area is 334 Å². The van der Waals surface area contributed by atoms with Crippen LogP contribution in [0.1, 0.15) is 0 Å². The number of aromatic nitrogens is 3. The fourth-order valence-corrected chi connectivity index (χ4v) is 9.33. The van der Waals surface area contributed by atoms with Gasteiger partial charge >= 0.3 is 0 Å². The molecule has 0 aliphatic heterocycles. The number of rotatable bonds is 6. The minimum absolute atomic E-state index is 0.691. The smallest absolute Gasteiger partial charge is 0.160 e. The predicted octanol–water partition coefficient (Wildman–Crippen LogP) is 14.5. The van der Waals surface area contributed by atoms with E-state index >= 15 is 0 Å². The molecule has 0 aliphatic carbocycles. The van der Waals surface area contributed by atoms with Crippen molar-refractivity contribution in [3.8, 4) is 67.4 Å². The lowest BCUT2D eigenvalue weighted by Crippen LogP contribution is -1.96. The van der Waals surface area contributed by atoms with E-state index in [-0.39, 0.29) is 0 Å². The van der Waals surface area contributed by atoms with Crippen LogP contribution in [0.5, 0.6) is 0 Å². The van der Waals surface area contributed by atoms with Crippen molar-refractivity contribution < 1.29 is 0 Å². The van der Waals surface area contributed by atoms with Gasteiger partial charge in [0.1, 0.15) is 0 Å². The zero-order valence-electron chi connectivity index (χ0n) is 30.8. The number of para-hydroxylation sites is 1. The third kappa shape index (κ3) is 5.95. The molecular formula is C53H33N3S. The quantitative estimate of drug-likeness (QED) is 0.159. The minimum atomic E-state index is 0.691. The van der Waals surface area contributed by atoms with Gasteiger partial charge in [-0.3, -0.25) is 0 Å². The Morgan fingerprint density at radius 3 is 1.63 bits per heavy atom. The van der Waals surface area contributed by atoms with E-state index in [2.05, 4.69) is 188 Å². The summed E-state index contributed by atoms with van der Waals surface area (Å²) in [6, 6.07) is 70.7. The summed E-state index contributed by atoms with van der Waals surface area (Å²) in [7, 11) is 0. The molecule has 0 bridgehead atoms. The zero-order chi connectivity index (χ0) is 37.7. The SMILES string of the molecule is c1ccc(-c2cccc(-c3cc(-c4ccccc4)nc(-c4ccc(-c5cccc(-c6nc7ccccc7c7c6ccc6c8ccccc8sc67)c5)cc4)n3)c2)cc1. The summed E-state index contributed by atoms with van der Waals surface area (Å²) in [6.45, 7) is 0. The molecule has 11 rings (SSSR count). The third-order valence-electron chi connectivity index (χ3n) is 10.9. The highest BCUT2D eigenvalue weighted by molar-refractivity contribution is 7.26. The van der Waals surface area contributed by atoms with Crippen LogP contribution in [0, 0.1) is 0 Å². The van der Waals surface area contributed by atoms with Crippen LogP contribution in [0.15, 0.2) is 200 Å². The second-order valence-corrected chi connectivity index (χ2v) is 15.4. The van der Waals surface area contributed by atoms with Crippen molar-refractivity contribution in [2.75, 3.05) is 0 Å². The van der Waals surface area contributed by atoms with Gasteiger partial charge in [0.05, 0.1) is 22.6 Å². The van der Waals surface area contributed by atoms with Crippen molar-refractivity contribution in [3.63, 3.8) is 0 Å². The van der Waals surface area contributed by atoms with Gasteiger partial charge in [-0.15, -0.1) is 11.3 Å². The maximum Gasteiger partial charge on any atom is 0.160 e. The van der Waals surface area contributed by atoms with Gasteiger partial charge in [0.25, 0.3) is 0 Å². The van der Waals surface area contributed by atoms with E-state index in [1.165, 1.54) is 41.9 Å². The molecule has 266 valence electrons. The second kappa shape index (κ2) is 13.8. The lowest BCUT2D eigenvalue weighted by Gasteiger charge is -2.13. The number of pyridine rings is 1. The van der Waals surface area contributed by atoms with E-state index in [4.69, 9.17) is 15.0 Å². The first-order valence-electron chi connectivity index (χ1n) is 19.2. The van der Waals surface area contributed by atoms with Crippen molar-refractivity contribution in [3.05, 3.63) is 200 Å². The van der Waals surface area contributed by atoms with E-state index in [9.17, 15) is 0 Å². The molecule has 0 saturated heterocycles. The van der Waals surface area contributed by atoms with E-state index in [0.29, 0.717) is 5.82 Å². The molecule has 8 aromatic carbocycles. The number of hydrogen-bond donors (Lipinski definition) is 0. The van der Waals surface area contributed by atoms with Crippen LogP contribution in [0.25, 0.3) is 109 Å². The van der Waals surface area contributed by atoms with Gasteiger partial charge in [0, 0.05) is 58.6 Å². The first-order chi connectivity index (χ1) is 28.2. The highest BCUT2D eigenvalue weighted by Gasteiger charge is 2.17. The van der Waals surface area contributed by atoms with Crippen molar-refractivity contribution in [2.24, 2.45) is 0 Å². The monoisotopic (exact) mass is 743 g/mol. The Hall–Kier alpha value is -7.27. The number of nitrogens with zero attached hydrogens (tertiary/aromatic N) is 3. The maximum absolute atomic E-state index is 5.30. The molecular weight excluding hydrogens is 711 g/mol. The summed E-state index contributed by atoms with van der Waals surface area (Å²) in [5, 5.41) is 6.22. The largest absolute Gasteiger partial charge is 0.247 e. The average Bonchev–Trinajstić information content (AvgIpc) is 3.68. The number of hydrogen-bond acceptors (Lipinski definition) is 4. The summed E-state index contributed by atoms with van der Waals surface area (Å²) in [4.78, 5) is 15.6. The second-order valence-electron chi connectivity index (χ2n) is 14.4. The Bertz CT molecular complexity index is 3280. The van der Waals surface area contributed by atoms with E-state index in [1.54, 1.807) is 0 Å². The molecule has 0 fully saturated rings. The molecule has 0 radical (unpaired) electrons. The summed E-state index contributed by atoms with van der Waals surface area (Å²) >= 11 is 1.87. The van der Waals surface area contributed by atoms with Crippen LogP contribution in [-0.2, 0) is 0 Å². The molecule has 3 aromatic heterocycles. The normalized spacial score (nSPS) is 11.5. The molecule has 0 saturated carbocycles. The first-order valence-corrected chi connectivity index (χ1v) is 20.0. The summed E-state index contributed by atoms with van der Waals surface area (Å²) < 4.78 is 2.62. The van der Waals surface area contributed by atoms with Crippen molar-refractivity contribution in [1.82, 2.24) is 15.0 Å².